The first-order valence-electron chi connectivity index (χ1n) is 20.9. The van der Waals surface area contributed by atoms with Crippen LogP contribution in [0.4, 0.5) is 0 Å². The number of esters is 2. The van der Waals surface area contributed by atoms with Crippen LogP contribution in [-0.2, 0) is 38.0 Å². The molecular formula is C43H70O15. The molecule has 0 bridgehead atoms. The first-order valence-corrected chi connectivity index (χ1v) is 20.9. The van der Waals surface area contributed by atoms with Gasteiger partial charge in [-0.15, -0.1) is 0 Å². The summed E-state index contributed by atoms with van der Waals surface area (Å²) < 4.78 is 33.1. The van der Waals surface area contributed by atoms with Crippen LogP contribution >= 0.6 is 0 Å². The third kappa shape index (κ3) is 20.4. The monoisotopic (exact) mass is 826 g/mol. The lowest BCUT2D eigenvalue weighted by atomic mass is 9.98. The van der Waals surface area contributed by atoms with Crippen molar-refractivity contribution in [2.24, 2.45) is 0 Å². The maximum atomic E-state index is 12.8. The van der Waals surface area contributed by atoms with Crippen LogP contribution in [0, 0.1) is 0 Å². The van der Waals surface area contributed by atoms with Crippen LogP contribution in [0.15, 0.2) is 60.8 Å². The van der Waals surface area contributed by atoms with Crippen molar-refractivity contribution in [1.29, 1.82) is 0 Å². The van der Waals surface area contributed by atoms with Gasteiger partial charge in [0.25, 0.3) is 0 Å². The van der Waals surface area contributed by atoms with Gasteiger partial charge >= 0.3 is 11.9 Å². The highest BCUT2D eigenvalue weighted by atomic mass is 16.7. The van der Waals surface area contributed by atoms with E-state index in [1.165, 1.54) is 38.5 Å². The molecule has 2 fully saturated rings. The molecule has 15 heteroatoms. The van der Waals surface area contributed by atoms with Crippen molar-refractivity contribution in [1.82, 2.24) is 0 Å². The standard InChI is InChI=1S/C43H70O15/c1-3-5-7-9-11-13-14-15-16-18-20-22-24-26-35(46)56-31(28-53-34(45)25-23-21-19-17-12-10-8-6-4-2)29-54-42-41(52)39(50)37(48)33(58-42)30-55-43-40(51)38(49)36(47)32(27-44)57-43/h6,8,12,15-17,20-23,31-33,36-44,47-52H,3-5,7,9-11,13-14,18-19,24-30H2,1-2H3/b8-6+,16-15+,17-12+,22-20+,23-21+/t31?,32-,33-,36+,37+,38?,39?,40?,41?,42-,43-/m1/s1. The summed E-state index contributed by atoms with van der Waals surface area (Å²) in [5.41, 5.74) is 0. The fraction of sp³-hybridized carbons (Fsp3) is 0.721. The highest BCUT2D eigenvalue weighted by Crippen LogP contribution is 2.26. The van der Waals surface area contributed by atoms with Gasteiger partial charge in [-0.1, -0.05) is 107 Å². The number of rotatable bonds is 29. The first kappa shape index (κ1) is 51.3. The van der Waals surface area contributed by atoms with Crippen LogP contribution in [0.3, 0.4) is 0 Å². The number of unbranched alkanes of at least 4 members (excludes halogenated alkanes) is 6. The maximum Gasteiger partial charge on any atom is 0.309 e. The summed E-state index contributed by atoms with van der Waals surface area (Å²) in [5, 5.41) is 71.6. The molecular weight excluding hydrogens is 756 g/mol. The van der Waals surface area contributed by atoms with E-state index in [-0.39, 0.29) is 19.4 Å². The van der Waals surface area contributed by atoms with E-state index in [0.717, 1.165) is 25.7 Å². The second-order valence-corrected chi connectivity index (χ2v) is 14.4. The molecule has 11 atom stereocenters. The topological polar surface area (TPSA) is 231 Å². The Morgan fingerprint density at radius 3 is 1.79 bits per heavy atom. The Labute approximate surface area is 343 Å². The number of ether oxygens (including phenoxy) is 6. The number of carbonyl (C=O) groups is 2. The molecule has 2 heterocycles. The minimum Gasteiger partial charge on any atom is -0.461 e. The highest BCUT2D eigenvalue weighted by molar-refractivity contribution is 5.71. The fourth-order valence-electron chi connectivity index (χ4n) is 6.03. The van der Waals surface area contributed by atoms with E-state index in [0.29, 0.717) is 12.8 Å². The van der Waals surface area contributed by atoms with Crippen LogP contribution in [0.5, 0.6) is 0 Å². The molecule has 2 aliphatic rings. The summed E-state index contributed by atoms with van der Waals surface area (Å²) >= 11 is 0. The highest BCUT2D eigenvalue weighted by Gasteiger charge is 2.47. The lowest BCUT2D eigenvalue weighted by Gasteiger charge is -2.42. The summed E-state index contributed by atoms with van der Waals surface area (Å²) in [5.74, 6) is -1.16. The van der Waals surface area contributed by atoms with Crippen molar-refractivity contribution < 1.29 is 73.8 Å². The number of aliphatic hydroxyl groups excluding tert-OH is 7. The average molecular weight is 827 g/mol. The van der Waals surface area contributed by atoms with Gasteiger partial charge in [-0.3, -0.25) is 9.59 Å². The Morgan fingerprint density at radius 2 is 1.14 bits per heavy atom. The molecule has 0 spiro atoms. The van der Waals surface area contributed by atoms with E-state index < -0.39 is 99.3 Å². The molecule has 0 radical (unpaired) electrons. The number of allylic oxidation sites excluding steroid dienone is 9. The summed E-state index contributed by atoms with van der Waals surface area (Å²) in [7, 11) is 0. The van der Waals surface area contributed by atoms with Crippen molar-refractivity contribution >= 4 is 11.9 Å². The lowest BCUT2D eigenvalue weighted by molar-refractivity contribution is -0.332. The fourth-order valence-corrected chi connectivity index (χ4v) is 6.03. The Morgan fingerprint density at radius 1 is 0.586 bits per heavy atom. The molecule has 0 amide bonds. The van der Waals surface area contributed by atoms with Crippen molar-refractivity contribution in [3.8, 4) is 0 Å². The number of hydrogen-bond donors (Lipinski definition) is 7. The smallest absolute Gasteiger partial charge is 0.309 e. The van der Waals surface area contributed by atoms with E-state index in [1.807, 2.05) is 30.4 Å². The van der Waals surface area contributed by atoms with E-state index in [9.17, 15) is 45.3 Å². The van der Waals surface area contributed by atoms with Gasteiger partial charge in [-0.2, -0.15) is 0 Å². The molecule has 0 aromatic carbocycles. The van der Waals surface area contributed by atoms with E-state index in [4.69, 9.17) is 28.4 Å². The third-order valence-corrected chi connectivity index (χ3v) is 9.53. The zero-order valence-electron chi connectivity index (χ0n) is 34.2. The van der Waals surface area contributed by atoms with Crippen LogP contribution in [0.1, 0.15) is 104 Å². The Kier molecular flexibility index (Phi) is 27.6. The van der Waals surface area contributed by atoms with Gasteiger partial charge in [0.05, 0.1) is 26.2 Å². The van der Waals surface area contributed by atoms with Crippen LogP contribution in [0.25, 0.3) is 0 Å². The van der Waals surface area contributed by atoms with Gasteiger partial charge < -0.3 is 64.2 Å². The average Bonchev–Trinajstić information content (AvgIpc) is 3.21. The molecule has 7 N–H and O–H groups in total. The van der Waals surface area contributed by atoms with Gasteiger partial charge in [0.1, 0.15) is 55.4 Å². The van der Waals surface area contributed by atoms with Gasteiger partial charge in [-0.25, -0.2) is 0 Å². The molecule has 5 unspecified atom stereocenters. The van der Waals surface area contributed by atoms with Gasteiger partial charge in [0.2, 0.25) is 0 Å². The van der Waals surface area contributed by atoms with E-state index in [1.54, 1.807) is 6.08 Å². The van der Waals surface area contributed by atoms with E-state index in [2.05, 4.69) is 38.2 Å². The van der Waals surface area contributed by atoms with Gasteiger partial charge in [-0.05, 0) is 44.9 Å². The minimum absolute atomic E-state index is 0.0199. The quantitative estimate of drug-likeness (QED) is 0.0326. The van der Waals surface area contributed by atoms with Crippen molar-refractivity contribution in [2.45, 2.75) is 171 Å². The SMILES string of the molecule is CC/C=C/C/C=C/C/C=C/CC(=O)OCC(CO[C@@H]1O[C@H](CO[C@@H]2O[C@H](CO)[C@H](O)C(O)C2O)[C@H](O)C(O)C1O)OC(=O)CC/C=C/C/C=C/CCCCCCCC. The van der Waals surface area contributed by atoms with Crippen molar-refractivity contribution in [2.75, 3.05) is 26.4 Å². The summed E-state index contributed by atoms with van der Waals surface area (Å²) in [6.45, 7) is 2.23. The molecule has 15 nitrogen and oxygen atoms in total. The lowest BCUT2D eigenvalue weighted by Crippen LogP contribution is -2.61. The predicted molar refractivity (Wildman–Crippen MR) is 215 cm³/mol. The Balaban J connectivity index is 1.94. The van der Waals surface area contributed by atoms with Gasteiger partial charge in [0, 0.05) is 6.42 Å². The van der Waals surface area contributed by atoms with Crippen LogP contribution in [0.2, 0.25) is 0 Å². The summed E-state index contributed by atoms with van der Waals surface area (Å²) in [6, 6.07) is 0. The van der Waals surface area contributed by atoms with Crippen LogP contribution in [-0.4, -0.2) is 142 Å². The molecule has 0 aromatic heterocycles. The zero-order chi connectivity index (χ0) is 42.5. The molecule has 58 heavy (non-hydrogen) atoms. The molecule has 2 aliphatic heterocycles. The number of aliphatic hydroxyl groups is 7. The number of carbonyl (C=O) groups excluding carboxylic acids is 2. The van der Waals surface area contributed by atoms with Crippen molar-refractivity contribution in [3.63, 3.8) is 0 Å². The maximum absolute atomic E-state index is 12.8. The number of hydrogen-bond acceptors (Lipinski definition) is 15. The second-order valence-electron chi connectivity index (χ2n) is 14.4. The first-order chi connectivity index (χ1) is 28.0. The molecule has 0 aliphatic carbocycles. The Hall–Kier alpha value is -2.80. The molecule has 0 saturated carbocycles. The van der Waals surface area contributed by atoms with Gasteiger partial charge in [0.15, 0.2) is 18.7 Å². The minimum atomic E-state index is -1.78. The molecule has 0 aromatic rings. The molecule has 2 saturated heterocycles. The third-order valence-electron chi connectivity index (χ3n) is 9.53. The second kappa shape index (κ2) is 31.1. The summed E-state index contributed by atoms with van der Waals surface area (Å²) in [4.78, 5) is 25.4. The van der Waals surface area contributed by atoms with E-state index >= 15 is 0 Å². The zero-order valence-corrected chi connectivity index (χ0v) is 34.2. The molecule has 2 rings (SSSR count). The molecule has 332 valence electrons. The summed E-state index contributed by atoms with van der Waals surface area (Å²) in [6.07, 6.45) is 14.9. The predicted octanol–water partition coefficient (Wildman–Crippen LogP) is 3.36. The Bertz CT molecular complexity index is 1250. The van der Waals surface area contributed by atoms with Crippen molar-refractivity contribution in [3.05, 3.63) is 60.8 Å². The normalized spacial score (nSPS) is 28.7. The van der Waals surface area contributed by atoms with Crippen LogP contribution < -0.4 is 0 Å². The largest absolute Gasteiger partial charge is 0.461 e.